The van der Waals surface area contributed by atoms with E-state index in [0.29, 0.717) is 23.6 Å². The number of rotatable bonds is 2. The Morgan fingerprint density at radius 3 is 2.95 bits per heavy atom. The van der Waals surface area contributed by atoms with Crippen LogP contribution in [-0.4, -0.2) is 37.0 Å². The molecule has 1 aliphatic rings. The number of fused-ring (bicyclic) bond motifs is 1. The molecule has 0 bridgehead atoms. The smallest absolute Gasteiger partial charge is 0.319 e. The van der Waals surface area contributed by atoms with Crippen LogP contribution in [0.1, 0.15) is 12.3 Å². The summed E-state index contributed by atoms with van der Waals surface area (Å²) in [5, 5.41) is 5.33. The van der Waals surface area contributed by atoms with E-state index in [1.54, 1.807) is 25.1 Å². The molecule has 7 nitrogen and oxygen atoms in total. The number of nitrogens with zero attached hydrogens (tertiary/aromatic N) is 1. The molecule has 21 heavy (non-hydrogen) atoms. The third kappa shape index (κ3) is 3.15. The number of sulfone groups is 1. The van der Waals surface area contributed by atoms with Crippen molar-refractivity contribution in [2.75, 3.05) is 16.8 Å². The number of anilines is 1. The number of oxazole rings is 1. The number of carbonyl (C=O) groups is 1. The van der Waals surface area contributed by atoms with Gasteiger partial charge in [0.2, 0.25) is 0 Å². The number of hydrogen-bond acceptors (Lipinski definition) is 5. The molecule has 3 rings (SSSR count). The Bertz CT molecular complexity index is 797. The zero-order valence-corrected chi connectivity index (χ0v) is 12.2. The number of amides is 2. The Labute approximate surface area is 121 Å². The van der Waals surface area contributed by atoms with Crippen LogP contribution in [-0.2, 0) is 9.84 Å². The van der Waals surface area contributed by atoms with Gasteiger partial charge in [-0.15, -0.1) is 0 Å². The first-order chi connectivity index (χ1) is 9.91. The Kier molecular flexibility index (Phi) is 3.32. The van der Waals surface area contributed by atoms with Gasteiger partial charge in [0.15, 0.2) is 21.3 Å². The number of hydrogen-bond donors (Lipinski definition) is 2. The lowest BCUT2D eigenvalue weighted by atomic mass is 10.2. The molecule has 0 spiro atoms. The summed E-state index contributed by atoms with van der Waals surface area (Å²) in [6, 6.07) is 4.40. The second-order valence-electron chi connectivity index (χ2n) is 5.11. The monoisotopic (exact) mass is 309 g/mol. The molecular formula is C13H15N3O4S. The number of aryl methyl sites for hydroxylation is 1. The molecule has 2 aromatic rings. The van der Waals surface area contributed by atoms with E-state index >= 15 is 0 Å². The SMILES string of the molecule is Cc1nc2ccc(NC(=O)NC3CCS(=O)(=O)C3)cc2o1. The average Bonchev–Trinajstić information content (AvgIpc) is 2.90. The summed E-state index contributed by atoms with van der Waals surface area (Å²) in [6.07, 6.45) is 0.454. The van der Waals surface area contributed by atoms with Crippen LogP contribution in [0, 0.1) is 6.92 Å². The normalized spacial score (nSPS) is 20.5. The van der Waals surface area contributed by atoms with Crippen LogP contribution in [0.2, 0.25) is 0 Å². The van der Waals surface area contributed by atoms with Crippen molar-refractivity contribution in [3.8, 4) is 0 Å². The van der Waals surface area contributed by atoms with Gasteiger partial charge in [0.05, 0.1) is 11.5 Å². The highest BCUT2D eigenvalue weighted by Crippen LogP contribution is 2.20. The molecule has 1 aromatic carbocycles. The molecule has 0 saturated carbocycles. The highest BCUT2D eigenvalue weighted by Gasteiger charge is 2.28. The van der Waals surface area contributed by atoms with Gasteiger partial charge in [-0.1, -0.05) is 0 Å². The van der Waals surface area contributed by atoms with Crippen molar-refractivity contribution < 1.29 is 17.6 Å². The third-order valence-electron chi connectivity index (χ3n) is 3.32. The lowest BCUT2D eigenvalue weighted by Crippen LogP contribution is -2.38. The van der Waals surface area contributed by atoms with Gasteiger partial charge in [0.25, 0.3) is 0 Å². The summed E-state index contributed by atoms with van der Waals surface area (Å²) in [5.74, 6) is 0.685. The van der Waals surface area contributed by atoms with Crippen molar-refractivity contribution in [2.45, 2.75) is 19.4 Å². The molecule has 0 radical (unpaired) electrons. The summed E-state index contributed by atoms with van der Waals surface area (Å²) in [5.41, 5.74) is 1.88. The van der Waals surface area contributed by atoms with Crippen molar-refractivity contribution in [3.05, 3.63) is 24.1 Å². The topological polar surface area (TPSA) is 101 Å². The van der Waals surface area contributed by atoms with Gasteiger partial charge in [-0.05, 0) is 18.6 Å². The van der Waals surface area contributed by atoms with Crippen molar-refractivity contribution in [1.29, 1.82) is 0 Å². The lowest BCUT2D eigenvalue weighted by molar-refractivity contribution is 0.249. The van der Waals surface area contributed by atoms with Gasteiger partial charge in [0.1, 0.15) is 5.52 Å². The summed E-state index contributed by atoms with van der Waals surface area (Å²) in [7, 11) is -3.01. The number of benzene rings is 1. The van der Waals surface area contributed by atoms with Crippen LogP contribution in [0.4, 0.5) is 10.5 Å². The van der Waals surface area contributed by atoms with Crippen LogP contribution in [0.15, 0.2) is 22.6 Å². The standard InChI is InChI=1S/C13H15N3O4S/c1-8-14-11-3-2-9(6-12(11)20-8)15-13(17)16-10-4-5-21(18,19)7-10/h2-3,6,10H,4-5,7H2,1H3,(H2,15,16,17). The van der Waals surface area contributed by atoms with Gasteiger partial charge in [-0.25, -0.2) is 18.2 Å². The number of aromatic nitrogens is 1. The van der Waals surface area contributed by atoms with E-state index in [-0.39, 0.29) is 17.5 Å². The Hall–Kier alpha value is -2.09. The van der Waals surface area contributed by atoms with Crippen LogP contribution in [0.25, 0.3) is 11.1 Å². The van der Waals surface area contributed by atoms with Crippen molar-refractivity contribution >= 4 is 32.7 Å². The van der Waals surface area contributed by atoms with Gasteiger partial charge >= 0.3 is 6.03 Å². The molecule has 2 N–H and O–H groups in total. The quantitative estimate of drug-likeness (QED) is 0.874. The minimum atomic E-state index is -3.01. The Morgan fingerprint density at radius 1 is 1.43 bits per heavy atom. The van der Waals surface area contributed by atoms with E-state index < -0.39 is 15.9 Å². The molecular weight excluding hydrogens is 294 g/mol. The minimum absolute atomic E-state index is 0.000748. The van der Waals surface area contributed by atoms with Gasteiger partial charge in [-0.2, -0.15) is 0 Å². The maximum absolute atomic E-state index is 11.9. The fourth-order valence-electron chi connectivity index (χ4n) is 2.38. The largest absolute Gasteiger partial charge is 0.441 e. The number of carbonyl (C=O) groups excluding carboxylic acids is 1. The van der Waals surface area contributed by atoms with E-state index in [2.05, 4.69) is 15.6 Å². The summed E-state index contributed by atoms with van der Waals surface area (Å²) < 4.78 is 28.1. The highest BCUT2D eigenvalue weighted by atomic mass is 32.2. The van der Waals surface area contributed by atoms with Crippen LogP contribution >= 0.6 is 0 Å². The van der Waals surface area contributed by atoms with Crippen molar-refractivity contribution in [1.82, 2.24) is 10.3 Å². The van der Waals surface area contributed by atoms with E-state index in [0.717, 1.165) is 5.52 Å². The summed E-state index contributed by atoms with van der Waals surface area (Å²) in [6.45, 7) is 1.75. The lowest BCUT2D eigenvalue weighted by Gasteiger charge is -2.11. The van der Waals surface area contributed by atoms with Gasteiger partial charge in [0, 0.05) is 24.7 Å². The first kappa shape index (κ1) is 13.9. The zero-order valence-electron chi connectivity index (χ0n) is 11.4. The van der Waals surface area contributed by atoms with E-state index in [1.807, 2.05) is 0 Å². The molecule has 1 fully saturated rings. The number of nitrogens with one attached hydrogen (secondary N) is 2. The molecule has 1 atom stereocenters. The Balaban J connectivity index is 1.66. The van der Waals surface area contributed by atoms with Crippen molar-refractivity contribution in [3.63, 3.8) is 0 Å². The molecule has 1 aliphatic heterocycles. The Morgan fingerprint density at radius 2 is 2.24 bits per heavy atom. The molecule has 0 aliphatic carbocycles. The first-order valence-corrected chi connectivity index (χ1v) is 8.38. The minimum Gasteiger partial charge on any atom is -0.441 e. The van der Waals surface area contributed by atoms with Gasteiger partial charge < -0.3 is 15.1 Å². The average molecular weight is 309 g/mol. The zero-order chi connectivity index (χ0) is 15.0. The number of urea groups is 1. The predicted octanol–water partition coefficient (Wildman–Crippen LogP) is 1.44. The van der Waals surface area contributed by atoms with Crippen LogP contribution in [0.5, 0.6) is 0 Å². The molecule has 1 unspecified atom stereocenters. The maximum atomic E-state index is 11.9. The van der Waals surface area contributed by atoms with E-state index in [9.17, 15) is 13.2 Å². The van der Waals surface area contributed by atoms with E-state index in [1.165, 1.54) is 0 Å². The second kappa shape index (κ2) is 5.03. The molecule has 1 aromatic heterocycles. The van der Waals surface area contributed by atoms with Gasteiger partial charge in [-0.3, -0.25) is 0 Å². The molecule has 2 heterocycles. The second-order valence-corrected chi connectivity index (χ2v) is 7.34. The maximum Gasteiger partial charge on any atom is 0.319 e. The molecule has 1 saturated heterocycles. The van der Waals surface area contributed by atoms with Crippen molar-refractivity contribution in [2.24, 2.45) is 0 Å². The third-order valence-corrected chi connectivity index (χ3v) is 5.09. The highest BCUT2D eigenvalue weighted by molar-refractivity contribution is 7.91. The van der Waals surface area contributed by atoms with Crippen LogP contribution in [0.3, 0.4) is 0 Å². The summed E-state index contributed by atoms with van der Waals surface area (Å²) in [4.78, 5) is 16.0. The molecule has 112 valence electrons. The first-order valence-electron chi connectivity index (χ1n) is 6.56. The van der Waals surface area contributed by atoms with Crippen LogP contribution < -0.4 is 10.6 Å². The fraction of sp³-hybridized carbons (Fsp3) is 0.385. The summed E-state index contributed by atoms with van der Waals surface area (Å²) >= 11 is 0. The fourth-order valence-corrected chi connectivity index (χ4v) is 4.05. The molecule has 2 amide bonds. The predicted molar refractivity (Wildman–Crippen MR) is 78.0 cm³/mol. The molecule has 8 heteroatoms. The van der Waals surface area contributed by atoms with E-state index in [4.69, 9.17) is 4.42 Å².